The van der Waals surface area contributed by atoms with Crippen LogP contribution in [0.3, 0.4) is 0 Å². The van der Waals surface area contributed by atoms with Gasteiger partial charge >= 0.3 is 0 Å². The van der Waals surface area contributed by atoms with E-state index in [0.717, 1.165) is 32.2 Å². The van der Waals surface area contributed by atoms with E-state index in [1.54, 1.807) is 5.56 Å². The van der Waals surface area contributed by atoms with Gasteiger partial charge in [-0.15, -0.1) is 0 Å². The topological polar surface area (TPSA) is 19.0 Å². The molecule has 1 aromatic carbocycles. The first-order chi connectivity index (χ1) is 15.5. The number of nitrogens with zero attached hydrogens (tertiary/aromatic N) is 3. The van der Waals surface area contributed by atoms with Crippen molar-refractivity contribution in [1.29, 1.82) is 0 Å². The average molecular weight is 442 g/mol. The number of rotatable bonds is 6. The fourth-order valence-electron chi connectivity index (χ4n) is 6.04. The maximum Gasteiger partial charge on any atom is 0.0642 e. The second-order valence-corrected chi connectivity index (χ2v) is 11.4. The molecular formula is C28H47N3O. The summed E-state index contributed by atoms with van der Waals surface area (Å²) in [5.41, 5.74) is 5.00. The molecule has 2 saturated heterocycles. The first-order valence-electron chi connectivity index (χ1n) is 13.4. The van der Waals surface area contributed by atoms with Gasteiger partial charge in [-0.2, -0.15) is 0 Å². The minimum Gasteiger partial charge on any atom is -0.378 e. The van der Waals surface area contributed by atoms with Crippen molar-refractivity contribution in [3.05, 3.63) is 23.8 Å². The number of benzene rings is 1. The monoisotopic (exact) mass is 441 g/mol. The molecule has 4 nitrogen and oxygen atoms in total. The molecule has 1 aliphatic carbocycles. The Hall–Kier alpha value is -1.26. The molecular weight excluding hydrogens is 394 g/mol. The molecule has 0 radical (unpaired) electrons. The number of anilines is 2. The third kappa shape index (κ3) is 5.80. The van der Waals surface area contributed by atoms with E-state index in [9.17, 15) is 0 Å². The van der Waals surface area contributed by atoms with E-state index in [1.165, 1.54) is 82.6 Å². The molecule has 4 rings (SSSR count). The van der Waals surface area contributed by atoms with Crippen molar-refractivity contribution in [3.8, 4) is 0 Å². The van der Waals surface area contributed by atoms with Crippen LogP contribution in [0.25, 0.3) is 0 Å². The largest absolute Gasteiger partial charge is 0.378 e. The normalized spacial score (nSPS) is 25.9. The van der Waals surface area contributed by atoms with Crippen LogP contribution in [0.1, 0.15) is 77.7 Å². The van der Waals surface area contributed by atoms with Gasteiger partial charge in [0.1, 0.15) is 0 Å². The highest BCUT2D eigenvalue weighted by Gasteiger charge is 2.32. The summed E-state index contributed by atoms with van der Waals surface area (Å²) >= 11 is 0. The van der Waals surface area contributed by atoms with Gasteiger partial charge in [0.2, 0.25) is 0 Å². The van der Waals surface area contributed by atoms with Gasteiger partial charge in [-0.1, -0.05) is 34.1 Å². The minimum absolute atomic E-state index is 0.443. The van der Waals surface area contributed by atoms with Crippen molar-refractivity contribution >= 4 is 11.4 Å². The van der Waals surface area contributed by atoms with Gasteiger partial charge in [0.15, 0.2) is 0 Å². The van der Waals surface area contributed by atoms with E-state index in [0.29, 0.717) is 11.3 Å². The van der Waals surface area contributed by atoms with Gasteiger partial charge in [-0.25, -0.2) is 0 Å². The molecule has 3 fully saturated rings. The van der Waals surface area contributed by atoms with Gasteiger partial charge in [0.05, 0.1) is 13.2 Å². The molecule has 180 valence electrons. The van der Waals surface area contributed by atoms with Gasteiger partial charge in [-0.3, -0.25) is 4.90 Å². The van der Waals surface area contributed by atoms with E-state index in [1.807, 2.05) is 0 Å². The minimum atomic E-state index is 0.443. The Balaban J connectivity index is 1.52. The van der Waals surface area contributed by atoms with Crippen LogP contribution in [0, 0.1) is 11.3 Å². The van der Waals surface area contributed by atoms with Crippen LogP contribution in [0.4, 0.5) is 11.4 Å². The Kier molecular flexibility index (Phi) is 8.04. The number of hydrogen-bond donors (Lipinski definition) is 0. The number of unbranched alkanes of at least 4 members (excludes halogenated alkanes) is 1. The van der Waals surface area contributed by atoms with Crippen LogP contribution in [0.15, 0.2) is 18.2 Å². The first-order valence-corrected chi connectivity index (χ1v) is 13.4. The zero-order valence-electron chi connectivity index (χ0n) is 21.2. The lowest BCUT2D eigenvalue weighted by atomic mass is 9.68. The molecule has 32 heavy (non-hydrogen) atoms. The Labute approximate surface area is 197 Å². The first kappa shape index (κ1) is 23.9. The van der Waals surface area contributed by atoms with E-state index >= 15 is 0 Å². The lowest BCUT2D eigenvalue weighted by Crippen LogP contribution is -2.47. The zero-order chi connectivity index (χ0) is 22.6. The van der Waals surface area contributed by atoms with Crippen molar-refractivity contribution in [2.45, 2.75) is 72.1 Å². The van der Waals surface area contributed by atoms with Gasteiger partial charge in [-0.05, 0) is 79.7 Å². The summed E-state index contributed by atoms with van der Waals surface area (Å²) in [5, 5.41) is 0. The second kappa shape index (κ2) is 10.8. The van der Waals surface area contributed by atoms with Gasteiger partial charge in [0, 0.05) is 50.6 Å². The predicted octanol–water partition coefficient (Wildman–Crippen LogP) is 5.77. The quantitative estimate of drug-likeness (QED) is 0.558. The lowest BCUT2D eigenvalue weighted by molar-refractivity contribution is 0.122. The van der Waals surface area contributed by atoms with Crippen molar-refractivity contribution in [2.75, 3.05) is 68.8 Å². The highest BCUT2D eigenvalue weighted by atomic mass is 16.5. The van der Waals surface area contributed by atoms with Crippen molar-refractivity contribution < 1.29 is 4.74 Å². The molecule has 2 aliphatic heterocycles. The van der Waals surface area contributed by atoms with Crippen molar-refractivity contribution in [3.63, 3.8) is 0 Å². The molecule has 4 heteroatoms. The molecule has 0 spiro atoms. The van der Waals surface area contributed by atoms with Crippen LogP contribution in [-0.2, 0) is 4.74 Å². The maximum absolute atomic E-state index is 5.61. The molecule has 0 unspecified atom stereocenters. The smallest absolute Gasteiger partial charge is 0.0642 e. The number of piperazine rings is 1. The maximum atomic E-state index is 5.61. The highest BCUT2D eigenvalue weighted by molar-refractivity contribution is 5.63. The molecule has 0 aromatic heterocycles. The predicted molar refractivity (Wildman–Crippen MR) is 137 cm³/mol. The molecule has 3 aliphatic rings. The van der Waals surface area contributed by atoms with Crippen LogP contribution in [0.5, 0.6) is 0 Å². The Morgan fingerprint density at radius 3 is 2.19 bits per heavy atom. The standard InChI is InChI=1S/C28H47N3O/c1-5-6-13-29-14-16-31(17-15-29)27-12-11-25(30-18-20-32-21-19-30)22-26(27)23-7-9-24(10-8-23)28(2,3)4/h11-12,22-24H,5-10,13-21H2,1-4H3. The molecule has 0 atom stereocenters. The summed E-state index contributed by atoms with van der Waals surface area (Å²) in [7, 11) is 0. The van der Waals surface area contributed by atoms with Crippen molar-refractivity contribution in [2.24, 2.45) is 11.3 Å². The summed E-state index contributed by atoms with van der Waals surface area (Å²) in [5.74, 6) is 1.58. The molecule has 1 saturated carbocycles. The number of ether oxygens (including phenoxy) is 1. The van der Waals surface area contributed by atoms with Crippen LogP contribution >= 0.6 is 0 Å². The van der Waals surface area contributed by atoms with E-state index in [-0.39, 0.29) is 0 Å². The fraction of sp³-hybridized carbons (Fsp3) is 0.786. The van der Waals surface area contributed by atoms with Crippen LogP contribution in [-0.4, -0.2) is 63.9 Å². The van der Waals surface area contributed by atoms with Gasteiger partial charge < -0.3 is 14.5 Å². The molecule has 0 bridgehead atoms. The van der Waals surface area contributed by atoms with Crippen molar-refractivity contribution in [1.82, 2.24) is 4.90 Å². The summed E-state index contributed by atoms with van der Waals surface area (Å²) in [4.78, 5) is 7.88. The Morgan fingerprint density at radius 1 is 0.875 bits per heavy atom. The molecule has 2 heterocycles. The third-order valence-electron chi connectivity index (χ3n) is 8.32. The Bertz CT molecular complexity index is 706. The Morgan fingerprint density at radius 2 is 1.56 bits per heavy atom. The summed E-state index contributed by atoms with van der Waals surface area (Å²) in [6.07, 6.45) is 8.07. The molecule has 1 aromatic rings. The van der Waals surface area contributed by atoms with Gasteiger partial charge in [0.25, 0.3) is 0 Å². The number of hydrogen-bond acceptors (Lipinski definition) is 4. The highest BCUT2D eigenvalue weighted by Crippen LogP contribution is 2.46. The van der Waals surface area contributed by atoms with E-state index in [4.69, 9.17) is 4.74 Å². The third-order valence-corrected chi connectivity index (χ3v) is 8.32. The lowest BCUT2D eigenvalue weighted by Gasteiger charge is -2.41. The average Bonchev–Trinajstić information content (AvgIpc) is 2.83. The molecule has 0 amide bonds. The fourth-order valence-corrected chi connectivity index (χ4v) is 6.04. The summed E-state index contributed by atoms with van der Waals surface area (Å²) in [6.45, 7) is 19.4. The van der Waals surface area contributed by atoms with Crippen LogP contribution < -0.4 is 9.80 Å². The summed E-state index contributed by atoms with van der Waals surface area (Å²) < 4.78 is 5.61. The van der Waals surface area contributed by atoms with E-state index < -0.39 is 0 Å². The zero-order valence-corrected chi connectivity index (χ0v) is 21.2. The van der Waals surface area contributed by atoms with Crippen LogP contribution in [0.2, 0.25) is 0 Å². The number of morpholine rings is 1. The van der Waals surface area contributed by atoms with E-state index in [2.05, 4.69) is 60.6 Å². The summed E-state index contributed by atoms with van der Waals surface area (Å²) in [6, 6.07) is 7.40. The second-order valence-electron chi connectivity index (χ2n) is 11.4. The molecule has 0 N–H and O–H groups in total. The SMILES string of the molecule is CCCCN1CCN(c2ccc(N3CCOCC3)cc2C2CCC(C(C)(C)C)CC2)CC1.